The normalized spacial score (nSPS) is 23.1. The van der Waals surface area contributed by atoms with Gasteiger partial charge in [0.15, 0.2) is 0 Å². The molecule has 1 unspecified atom stereocenters. The molecular weight excluding hydrogens is 280 g/mol. The van der Waals surface area contributed by atoms with Crippen LogP contribution in [0.5, 0.6) is 0 Å². The highest BCUT2D eigenvalue weighted by Gasteiger charge is 2.44. The summed E-state index contributed by atoms with van der Waals surface area (Å²) in [5.74, 6) is -0.0814. The Bertz CT molecular complexity index is 549. The Hall–Kier alpha value is -1.85. The molecule has 2 aliphatic rings. The Labute approximate surface area is 130 Å². The zero-order chi connectivity index (χ0) is 15.7. The van der Waals surface area contributed by atoms with Crippen LogP contribution in [0.25, 0.3) is 0 Å². The topological polar surface area (TPSA) is 67.2 Å². The summed E-state index contributed by atoms with van der Waals surface area (Å²) < 4.78 is 2.07. The smallest absolute Gasteiger partial charge is 0.225 e. The highest BCUT2D eigenvalue weighted by molar-refractivity contribution is 5.89. The molecular formula is C16H24N4O2. The second kappa shape index (κ2) is 5.74. The van der Waals surface area contributed by atoms with Gasteiger partial charge in [0.2, 0.25) is 11.8 Å². The van der Waals surface area contributed by atoms with Gasteiger partial charge in [0.05, 0.1) is 12.2 Å². The predicted octanol–water partition coefficient (Wildman–Crippen LogP) is 1.04. The molecule has 1 aromatic heterocycles. The summed E-state index contributed by atoms with van der Waals surface area (Å²) in [7, 11) is 0. The number of hydrogen-bond donors (Lipinski definition) is 1. The van der Waals surface area contributed by atoms with E-state index in [0.29, 0.717) is 19.5 Å². The van der Waals surface area contributed by atoms with Crippen LogP contribution in [-0.2, 0) is 16.1 Å². The van der Waals surface area contributed by atoms with E-state index in [1.807, 2.05) is 26.4 Å². The largest absolute Gasteiger partial charge is 0.355 e. The Morgan fingerprint density at radius 2 is 2.27 bits per heavy atom. The summed E-state index contributed by atoms with van der Waals surface area (Å²) >= 11 is 0. The van der Waals surface area contributed by atoms with Crippen molar-refractivity contribution in [2.45, 2.75) is 45.7 Å². The molecule has 6 heteroatoms. The van der Waals surface area contributed by atoms with E-state index in [2.05, 4.69) is 14.9 Å². The quantitative estimate of drug-likeness (QED) is 0.854. The molecule has 6 nitrogen and oxygen atoms in total. The van der Waals surface area contributed by atoms with Gasteiger partial charge in [-0.25, -0.2) is 4.98 Å². The molecule has 3 rings (SSSR count). The van der Waals surface area contributed by atoms with Gasteiger partial charge in [0.25, 0.3) is 0 Å². The zero-order valence-corrected chi connectivity index (χ0v) is 13.3. The van der Waals surface area contributed by atoms with Crippen molar-refractivity contribution in [2.75, 3.05) is 13.1 Å². The maximum Gasteiger partial charge on any atom is 0.225 e. The molecule has 0 radical (unpaired) electrons. The Balaban J connectivity index is 1.50. The average Bonchev–Trinajstić information content (AvgIpc) is 2.87. The lowest BCUT2D eigenvalue weighted by Gasteiger charge is -2.21. The highest BCUT2D eigenvalue weighted by Crippen LogP contribution is 2.46. The van der Waals surface area contributed by atoms with E-state index in [9.17, 15) is 9.59 Å². The summed E-state index contributed by atoms with van der Waals surface area (Å²) in [6, 6.07) is 0.168. The number of aromatic nitrogens is 2. The number of carbonyl (C=O) groups excluding carboxylic acids is 2. The fraction of sp³-hybridized carbons (Fsp3) is 0.688. The van der Waals surface area contributed by atoms with Gasteiger partial charge in [-0.3, -0.25) is 9.59 Å². The molecule has 0 spiro atoms. The lowest BCUT2D eigenvalue weighted by Crippen LogP contribution is -2.38. The van der Waals surface area contributed by atoms with Gasteiger partial charge in [-0.1, -0.05) is 0 Å². The van der Waals surface area contributed by atoms with Crippen LogP contribution < -0.4 is 5.32 Å². The third-order valence-corrected chi connectivity index (χ3v) is 4.82. The van der Waals surface area contributed by atoms with Crippen molar-refractivity contribution in [3.8, 4) is 0 Å². The standard InChI is InChI=1S/C16H24N4O2/c1-12(2)20-8-13(7-14(20)21)15(22)18-9-16(3-4-16)10-19-6-5-17-11-19/h5-6,11-13H,3-4,7-10H2,1-2H3,(H,18,22). The molecule has 2 heterocycles. The van der Waals surface area contributed by atoms with E-state index in [-0.39, 0.29) is 29.2 Å². The minimum Gasteiger partial charge on any atom is -0.355 e. The van der Waals surface area contributed by atoms with E-state index in [4.69, 9.17) is 0 Å². The Morgan fingerprint density at radius 1 is 1.50 bits per heavy atom. The molecule has 2 fully saturated rings. The molecule has 1 N–H and O–H groups in total. The Morgan fingerprint density at radius 3 is 2.82 bits per heavy atom. The highest BCUT2D eigenvalue weighted by atomic mass is 16.2. The predicted molar refractivity (Wildman–Crippen MR) is 81.9 cm³/mol. The number of amides is 2. The third-order valence-electron chi connectivity index (χ3n) is 4.82. The molecule has 0 bridgehead atoms. The minimum atomic E-state index is -0.195. The number of imidazole rings is 1. The summed E-state index contributed by atoms with van der Waals surface area (Å²) in [4.78, 5) is 30.1. The van der Waals surface area contributed by atoms with Crippen molar-refractivity contribution in [1.29, 1.82) is 0 Å². The molecule has 2 amide bonds. The SMILES string of the molecule is CC(C)N1CC(C(=O)NCC2(Cn3ccnc3)CC2)CC1=O. The first-order valence-corrected chi connectivity index (χ1v) is 8.02. The van der Waals surface area contributed by atoms with E-state index in [1.54, 1.807) is 11.1 Å². The summed E-state index contributed by atoms with van der Waals surface area (Å²) in [6.07, 6.45) is 8.16. The van der Waals surface area contributed by atoms with E-state index in [0.717, 1.165) is 19.4 Å². The molecule has 22 heavy (non-hydrogen) atoms. The van der Waals surface area contributed by atoms with Crippen molar-refractivity contribution in [1.82, 2.24) is 19.8 Å². The van der Waals surface area contributed by atoms with Gasteiger partial charge in [-0.15, -0.1) is 0 Å². The number of nitrogens with zero attached hydrogens (tertiary/aromatic N) is 3. The summed E-state index contributed by atoms with van der Waals surface area (Å²) in [5, 5.41) is 3.07. The van der Waals surface area contributed by atoms with Crippen LogP contribution in [0, 0.1) is 11.3 Å². The van der Waals surface area contributed by atoms with E-state index < -0.39 is 0 Å². The van der Waals surface area contributed by atoms with Crippen LogP contribution in [0.4, 0.5) is 0 Å². The van der Waals surface area contributed by atoms with Gasteiger partial charge < -0.3 is 14.8 Å². The van der Waals surface area contributed by atoms with Crippen LogP contribution in [-0.4, -0.2) is 45.4 Å². The van der Waals surface area contributed by atoms with Crippen molar-refractivity contribution in [3.05, 3.63) is 18.7 Å². The van der Waals surface area contributed by atoms with Crippen molar-refractivity contribution in [2.24, 2.45) is 11.3 Å². The third kappa shape index (κ3) is 3.15. The van der Waals surface area contributed by atoms with Gasteiger partial charge in [-0.2, -0.15) is 0 Å². The first kappa shape index (κ1) is 15.1. The van der Waals surface area contributed by atoms with Crippen molar-refractivity contribution in [3.63, 3.8) is 0 Å². The lowest BCUT2D eigenvalue weighted by atomic mass is 10.1. The zero-order valence-electron chi connectivity index (χ0n) is 13.3. The van der Waals surface area contributed by atoms with Crippen molar-refractivity contribution >= 4 is 11.8 Å². The first-order valence-electron chi connectivity index (χ1n) is 8.02. The van der Waals surface area contributed by atoms with Crippen LogP contribution >= 0.6 is 0 Å². The molecule has 1 saturated carbocycles. The Kier molecular flexibility index (Phi) is 3.93. The number of likely N-dealkylation sites (tertiary alicyclic amines) is 1. The van der Waals surface area contributed by atoms with Gasteiger partial charge in [-0.05, 0) is 26.7 Å². The number of nitrogens with one attached hydrogen (secondary N) is 1. The average molecular weight is 304 g/mol. The molecule has 1 atom stereocenters. The molecule has 1 saturated heterocycles. The van der Waals surface area contributed by atoms with Gasteiger partial charge >= 0.3 is 0 Å². The van der Waals surface area contributed by atoms with Crippen LogP contribution in [0.1, 0.15) is 33.1 Å². The molecule has 1 aliphatic heterocycles. The maximum atomic E-state index is 12.3. The second-order valence-electron chi connectivity index (χ2n) is 6.99. The second-order valence-corrected chi connectivity index (χ2v) is 6.99. The number of hydrogen-bond acceptors (Lipinski definition) is 3. The number of carbonyl (C=O) groups is 2. The van der Waals surface area contributed by atoms with Crippen LogP contribution in [0.15, 0.2) is 18.7 Å². The summed E-state index contributed by atoms with van der Waals surface area (Å²) in [5.41, 5.74) is 0.177. The first-order chi connectivity index (χ1) is 10.5. The van der Waals surface area contributed by atoms with Gasteiger partial charge in [0.1, 0.15) is 0 Å². The molecule has 120 valence electrons. The molecule has 1 aliphatic carbocycles. The monoisotopic (exact) mass is 304 g/mol. The van der Waals surface area contributed by atoms with Crippen LogP contribution in [0.3, 0.4) is 0 Å². The lowest BCUT2D eigenvalue weighted by molar-refractivity contribution is -0.130. The van der Waals surface area contributed by atoms with E-state index >= 15 is 0 Å². The summed E-state index contributed by atoms with van der Waals surface area (Å²) in [6.45, 7) is 6.12. The molecule has 1 aromatic rings. The van der Waals surface area contributed by atoms with Crippen molar-refractivity contribution < 1.29 is 9.59 Å². The molecule has 0 aromatic carbocycles. The van der Waals surface area contributed by atoms with Crippen LogP contribution in [0.2, 0.25) is 0 Å². The minimum absolute atomic E-state index is 0.0217. The number of rotatable bonds is 6. The van der Waals surface area contributed by atoms with E-state index in [1.165, 1.54) is 0 Å². The fourth-order valence-corrected chi connectivity index (χ4v) is 3.16. The van der Waals surface area contributed by atoms with Gasteiger partial charge in [0, 0.05) is 49.9 Å². The fourth-order valence-electron chi connectivity index (χ4n) is 3.16. The maximum absolute atomic E-state index is 12.3.